The van der Waals surface area contributed by atoms with Gasteiger partial charge in [-0.05, 0) is 44.5 Å². The molecule has 0 aliphatic carbocycles. The van der Waals surface area contributed by atoms with Gasteiger partial charge in [0.25, 0.3) is 5.91 Å². The Kier molecular flexibility index (Phi) is 6.44. The van der Waals surface area contributed by atoms with E-state index in [0.29, 0.717) is 0 Å². The van der Waals surface area contributed by atoms with Crippen molar-refractivity contribution < 1.29 is 14.3 Å². The first-order valence-electron chi connectivity index (χ1n) is 7.71. The third kappa shape index (κ3) is 5.42. The van der Waals surface area contributed by atoms with Crippen molar-refractivity contribution in [3.63, 3.8) is 0 Å². The number of esters is 1. The highest BCUT2D eigenvalue weighted by molar-refractivity contribution is 8.00. The van der Waals surface area contributed by atoms with Crippen molar-refractivity contribution in [2.24, 2.45) is 0 Å². The van der Waals surface area contributed by atoms with Crippen LogP contribution in [0.2, 0.25) is 0 Å². The molecule has 1 N–H and O–H groups in total. The van der Waals surface area contributed by atoms with Gasteiger partial charge in [-0.15, -0.1) is 11.8 Å². The highest BCUT2D eigenvalue weighted by Gasteiger charge is 2.18. The molecule has 2 aromatic rings. The lowest BCUT2D eigenvalue weighted by molar-refractivity contribution is -0.150. The third-order valence-electron chi connectivity index (χ3n) is 3.42. The Morgan fingerprint density at radius 3 is 2.50 bits per heavy atom. The van der Waals surface area contributed by atoms with Gasteiger partial charge in [-0.2, -0.15) is 0 Å². The lowest BCUT2D eigenvalue weighted by Crippen LogP contribution is -2.30. The number of anilines is 1. The summed E-state index contributed by atoms with van der Waals surface area (Å²) in [6, 6.07) is 15.4. The lowest BCUT2D eigenvalue weighted by atomic mass is 10.1. The molecule has 0 spiro atoms. The molecule has 0 saturated carbocycles. The number of thioether (sulfide) groups is 1. The Balaban J connectivity index is 1.83. The second-order valence-electron chi connectivity index (χ2n) is 5.54. The summed E-state index contributed by atoms with van der Waals surface area (Å²) in [4.78, 5) is 25.0. The predicted octanol–water partition coefficient (Wildman–Crippen LogP) is 3.97. The molecule has 1 amide bonds. The number of amides is 1. The van der Waals surface area contributed by atoms with Crippen molar-refractivity contribution in [3.05, 3.63) is 59.7 Å². The molecule has 0 aromatic heterocycles. The van der Waals surface area contributed by atoms with Gasteiger partial charge in [-0.25, -0.2) is 0 Å². The summed E-state index contributed by atoms with van der Waals surface area (Å²) < 4.78 is 5.20. The topological polar surface area (TPSA) is 55.4 Å². The van der Waals surface area contributed by atoms with Crippen LogP contribution in [-0.4, -0.2) is 23.7 Å². The first-order chi connectivity index (χ1) is 11.5. The van der Waals surface area contributed by atoms with Crippen LogP contribution in [0.25, 0.3) is 0 Å². The van der Waals surface area contributed by atoms with E-state index in [1.165, 1.54) is 11.8 Å². The van der Waals surface area contributed by atoms with Crippen molar-refractivity contribution >= 4 is 29.3 Å². The summed E-state index contributed by atoms with van der Waals surface area (Å²) in [5.74, 6) is -0.572. The van der Waals surface area contributed by atoms with E-state index in [1.807, 2.05) is 62.4 Å². The molecule has 1 atom stereocenters. The quantitative estimate of drug-likeness (QED) is 0.637. The van der Waals surface area contributed by atoms with Crippen LogP contribution in [0.15, 0.2) is 53.4 Å². The fourth-order valence-electron chi connectivity index (χ4n) is 2.13. The van der Waals surface area contributed by atoms with E-state index in [4.69, 9.17) is 4.74 Å². The van der Waals surface area contributed by atoms with Gasteiger partial charge in [0, 0.05) is 10.6 Å². The molecular weight excluding hydrogens is 322 g/mol. The van der Waals surface area contributed by atoms with E-state index in [2.05, 4.69) is 5.32 Å². The fourth-order valence-corrected chi connectivity index (χ4v) is 2.83. The number of nitrogens with one attached hydrogen (secondary N) is 1. The second-order valence-corrected chi connectivity index (χ2v) is 6.59. The van der Waals surface area contributed by atoms with Crippen molar-refractivity contribution in [2.75, 3.05) is 11.1 Å². The van der Waals surface area contributed by atoms with E-state index >= 15 is 0 Å². The standard InChI is InChI=1S/C19H21NO3S/c1-13-9-10-17(14(2)11-13)20-19(22)15(3)23-18(21)12-24-16-7-5-4-6-8-16/h4-11,15H,12H2,1-3H3,(H,20,22)/t15-/m1/s1. The largest absolute Gasteiger partial charge is 0.452 e. The van der Waals surface area contributed by atoms with Crippen molar-refractivity contribution in [2.45, 2.75) is 31.8 Å². The van der Waals surface area contributed by atoms with Gasteiger partial charge in [0.15, 0.2) is 6.10 Å². The van der Waals surface area contributed by atoms with Crippen molar-refractivity contribution in [3.8, 4) is 0 Å². The molecule has 2 aromatic carbocycles. The van der Waals surface area contributed by atoms with Gasteiger partial charge < -0.3 is 10.1 Å². The molecule has 5 heteroatoms. The molecule has 0 unspecified atom stereocenters. The van der Waals surface area contributed by atoms with Crippen LogP contribution >= 0.6 is 11.8 Å². The number of carbonyl (C=O) groups is 2. The van der Waals surface area contributed by atoms with Gasteiger partial charge in [0.05, 0.1) is 5.75 Å². The van der Waals surface area contributed by atoms with Crippen LogP contribution in [0, 0.1) is 13.8 Å². The number of aryl methyl sites for hydroxylation is 2. The van der Waals surface area contributed by atoms with E-state index in [9.17, 15) is 9.59 Å². The number of rotatable bonds is 6. The molecule has 0 bridgehead atoms. The number of hydrogen-bond acceptors (Lipinski definition) is 4. The third-order valence-corrected chi connectivity index (χ3v) is 4.40. The molecule has 0 aliphatic rings. The molecule has 0 heterocycles. The average Bonchev–Trinajstić information content (AvgIpc) is 2.56. The smallest absolute Gasteiger partial charge is 0.317 e. The van der Waals surface area contributed by atoms with Crippen molar-refractivity contribution in [1.82, 2.24) is 0 Å². The van der Waals surface area contributed by atoms with Gasteiger partial charge in [-0.1, -0.05) is 35.9 Å². The number of ether oxygens (including phenoxy) is 1. The maximum absolute atomic E-state index is 12.2. The first-order valence-corrected chi connectivity index (χ1v) is 8.69. The minimum absolute atomic E-state index is 0.172. The Hall–Kier alpha value is -2.27. The first kappa shape index (κ1) is 18.1. The molecule has 24 heavy (non-hydrogen) atoms. The summed E-state index contributed by atoms with van der Waals surface area (Å²) in [5, 5.41) is 2.79. The fraction of sp³-hybridized carbons (Fsp3) is 0.263. The van der Waals surface area contributed by atoms with Crippen LogP contribution in [0.1, 0.15) is 18.1 Å². The Morgan fingerprint density at radius 1 is 1.12 bits per heavy atom. The predicted molar refractivity (Wildman–Crippen MR) is 97.3 cm³/mol. The molecule has 126 valence electrons. The molecule has 2 rings (SSSR count). The Labute approximate surface area is 146 Å². The molecule has 0 saturated heterocycles. The minimum Gasteiger partial charge on any atom is -0.452 e. The lowest BCUT2D eigenvalue weighted by Gasteiger charge is -2.15. The summed E-state index contributed by atoms with van der Waals surface area (Å²) in [7, 11) is 0. The highest BCUT2D eigenvalue weighted by atomic mass is 32.2. The number of hydrogen-bond donors (Lipinski definition) is 1. The van der Waals surface area contributed by atoms with Crippen LogP contribution in [0.3, 0.4) is 0 Å². The number of benzene rings is 2. The minimum atomic E-state index is -0.838. The van der Waals surface area contributed by atoms with Gasteiger partial charge in [0.2, 0.25) is 0 Å². The van der Waals surface area contributed by atoms with Gasteiger partial charge in [-0.3, -0.25) is 9.59 Å². The molecule has 0 fully saturated rings. The van der Waals surface area contributed by atoms with Crippen molar-refractivity contribution in [1.29, 1.82) is 0 Å². The average molecular weight is 343 g/mol. The summed E-state index contributed by atoms with van der Waals surface area (Å²) in [5.41, 5.74) is 2.83. The second kappa shape index (κ2) is 8.55. The maximum Gasteiger partial charge on any atom is 0.317 e. The van der Waals surface area contributed by atoms with E-state index in [0.717, 1.165) is 21.7 Å². The Morgan fingerprint density at radius 2 is 1.83 bits per heavy atom. The summed E-state index contributed by atoms with van der Waals surface area (Å²) in [6.07, 6.45) is -0.838. The zero-order valence-electron chi connectivity index (χ0n) is 14.0. The SMILES string of the molecule is Cc1ccc(NC(=O)[C@@H](C)OC(=O)CSc2ccccc2)c(C)c1. The monoisotopic (exact) mass is 343 g/mol. The highest BCUT2D eigenvalue weighted by Crippen LogP contribution is 2.18. The van der Waals surface area contributed by atoms with E-state index in [-0.39, 0.29) is 11.7 Å². The van der Waals surface area contributed by atoms with Gasteiger partial charge >= 0.3 is 5.97 Å². The number of carbonyl (C=O) groups excluding carboxylic acids is 2. The van der Waals surface area contributed by atoms with Crippen LogP contribution in [0.4, 0.5) is 5.69 Å². The molecule has 0 aliphatic heterocycles. The van der Waals surface area contributed by atoms with E-state index < -0.39 is 12.1 Å². The zero-order chi connectivity index (χ0) is 17.5. The summed E-state index contributed by atoms with van der Waals surface area (Å²) >= 11 is 1.38. The van der Waals surface area contributed by atoms with E-state index in [1.54, 1.807) is 6.92 Å². The van der Waals surface area contributed by atoms with Gasteiger partial charge in [0.1, 0.15) is 0 Å². The maximum atomic E-state index is 12.2. The Bertz CT molecular complexity index is 716. The molecular formula is C19H21NO3S. The summed E-state index contributed by atoms with van der Waals surface area (Å²) in [6.45, 7) is 5.49. The zero-order valence-corrected chi connectivity index (χ0v) is 14.9. The van der Waals surface area contributed by atoms with Crippen LogP contribution in [-0.2, 0) is 14.3 Å². The van der Waals surface area contributed by atoms with Crippen LogP contribution < -0.4 is 5.32 Å². The molecule has 0 radical (unpaired) electrons. The molecule has 4 nitrogen and oxygen atoms in total. The normalized spacial score (nSPS) is 11.6. The van der Waals surface area contributed by atoms with Crippen LogP contribution in [0.5, 0.6) is 0 Å².